The van der Waals surface area contributed by atoms with Crippen LogP contribution < -0.4 is 5.48 Å². The molecule has 0 radical (unpaired) electrons. The molecular weight excluding hydrogens is 302 g/mol. The molecule has 0 rings (SSSR count). The monoisotopic (exact) mass is 335 g/mol. The van der Waals surface area contributed by atoms with Crippen molar-refractivity contribution >= 4 is 5.91 Å². The normalized spacial score (nSPS) is 13.6. The predicted octanol–water partition coefficient (Wildman–Crippen LogP) is 4.61. The lowest BCUT2D eigenvalue weighted by Crippen LogP contribution is -2.17. The van der Waals surface area contributed by atoms with Crippen molar-refractivity contribution in [2.45, 2.75) is 70.8 Å². The van der Waals surface area contributed by atoms with E-state index in [1.807, 2.05) is 0 Å². The summed E-state index contributed by atoms with van der Waals surface area (Å²) in [7, 11) is 0. The fourth-order valence-corrected chi connectivity index (χ4v) is 2.07. The van der Waals surface area contributed by atoms with Crippen LogP contribution in [-0.4, -0.2) is 22.3 Å². The first-order valence-electron chi connectivity index (χ1n) is 8.91. The minimum Gasteiger partial charge on any atom is -0.393 e. The van der Waals surface area contributed by atoms with Gasteiger partial charge in [0.25, 0.3) is 0 Å². The molecule has 0 aromatic heterocycles. The van der Waals surface area contributed by atoms with Gasteiger partial charge in [-0.1, -0.05) is 62.0 Å². The second-order valence-electron chi connectivity index (χ2n) is 5.70. The molecule has 4 heteroatoms. The third-order valence-corrected chi connectivity index (χ3v) is 3.41. The number of hydrogen-bond acceptors (Lipinski definition) is 3. The van der Waals surface area contributed by atoms with Crippen molar-refractivity contribution in [3.63, 3.8) is 0 Å². The van der Waals surface area contributed by atoms with Gasteiger partial charge in [0.1, 0.15) is 0 Å². The molecule has 0 aliphatic heterocycles. The summed E-state index contributed by atoms with van der Waals surface area (Å²) in [6.07, 6.45) is 24.0. The van der Waals surface area contributed by atoms with E-state index in [2.05, 4.69) is 55.5 Å². The Kier molecular flexibility index (Phi) is 16.5. The van der Waals surface area contributed by atoms with Gasteiger partial charge in [0.15, 0.2) is 0 Å². The van der Waals surface area contributed by atoms with E-state index in [1.54, 1.807) is 5.48 Å². The molecule has 24 heavy (non-hydrogen) atoms. The van der Waals surface area contributed by atoms with Crippen molar-refractivity contribution in [2.24, 2.45) is 0 Å². The third-order valence-electron chi connectivity index (χ3n) is 3.41. The van der Waals surface area contributed by atoms with Crippen LogP contribution in [0.2, 0.25) is 0 Å². The number of amides is 1. The summed E-state index contributed by atoms with van der Waals surface area (Å²) in [5.41, 5.74) is 1.63. The number of rotatable bonds is 14. The number of aliphatic hydroxyl groups excluding tert-OH is 1. The number of hydrogen-bond donors (Lipinski definition) is 3. The fourth-order valence-electron chi connectivity index (χ4n) is 2.07. The maximum absolute atomic E-state index is 10.8. The van der Waals surface area contributed by atoms with E-state index in [9.17, 15) is 9.90 Å². The number of carbonyl (C=O) groups excluding carboxylic acids is 1. The topological polar surface area (TPSA) is 69.6 Å². The molecule has 1 amide bonds. The number of nitrogens with one attached hydrogen (secondary N) is 1. The SMILES string of the molecule is CCC[C@@H](O)C/C=C\C/C=C\C/C=C\C/C=C\CCCC(=O)NO. The average molecular weight is 335 g/mol. The third kappa shape index (κ3) is 16.7. The fraction of sp³-hybridized carbons (Fsp3) is 0.550. The van der Waals surface area contributed by atoms with Crippen LogP contribution in [0.1, 0.15) is 64.7 Å². The summed E-state index contributed by atoms with van der Waals surface area (Å²) in [6.45, 7) is 2.08. The van der Waals surface area contributed by atoms with Crippen LogP contribution in [0, 0.1) is 0 Å². The molecule has 0 unspecified atom stereocenters. The maximum Gasteiger partial charge on any atom is 0.243 e. The molecular formula is C20H33NO3. The summed E-state index contributed by atoms with van der Waals surface area (Å²) < 4.78 is 0. The van der Waals surface area contributed by atoms with Gasteiger partial charge in [-0.15, -0.1) is 0 Å². The lowest BCUT2D eigenvalue weighted by Gasteiger charge is -2.03. The highest BCUT2D eigenvalue weighted by molar-refractivity contribution is 5.74. The Morgan fingerprint density at radius 2 is 1.50 bits per heavy atom. The Labute approximate surface area is 146 Å². The van der Waals surface area contributed by atoms with Crippen LogP contribution in [0.4, 0.5) is 0 Å². The molecule has 0 fully saturated rings. The number of unbranched alkanes of at least 4 members (excludes halogenated alkanes) is 1. The van der Waals surface area contributed by atoms with Gasteiger partial charge in [-0.3, -0.25) is 10.0 Å². The molecule has 0 aromatic rings. The Bertz CT molecular complexity index is 411. The van der Waals surface area contributed by atoms with Gasteiger partial charge in [0.05, 0.1) is 6.10 Å². The Morgan fingerprint density at radius 1 is 0.958 bits per heavy atom. The summed E-state index contributed by atoms with van der Waals surface area (Å²) in [5.74, 6) is -0.331. The summed E-state index contributed by atoms with van der Waals surface area (Å²) in [4.78, 5) is 10.8. The lowest BCUT2D eigenvalue weighted by molar-refractivity contribution is -0.129. The van der Waals surface area contributed by atoms with Gasteiger partial charge < -0.3 is 5.11 Å². The zero-order chi connectivity index (χ0) is 17.9. The predicted molar refractivity (Wildman–Crippen MR) is 99.7 cm³/mol. The first-order valence-corrected chi connectivity index (χ1v) is 8.91. The van der Waals surface area contributed by atoms with Crippen LogP contribution in [0.5, 0.6) is 0 Å². The lowest BCUT2D eigenvalue weighted by atomic mass is 10.1. The summed E-state index contributed by atoms with van der Waals surface area (Å²) in [6, 6.07) is 0. The van der Waals surface area contributed by atoms with E-state index >= 15 is 0 Å². The quantitative estimate of drug-likeness (QED) is 0.188. The number of hydroxylamine groups is 1. The molecule has 0 spiro atoms. The number of allylic oxidation sites excluding steroid dienone is 7. The Morgan fingerprint density at radius 3 is 2.04 bits per heavy atom. The van der Waals surface area contributed by atoms with E-state index in [1.165, 1.54) is 0 Å². The number of aliphatic hydroxyl groups is 1. The van der Waals surface area contributed by atoms with Gasteiger partial charge in [0, 0.05) is 6.42 Å². The van der Waals surface area contributed by atoms with Crippen molar-refractivity contribution in [1.29, 1.82) is 0 Å². The average Bonchev–Trinajstić information content (AvgIpc) is 2.58. The molecule has 136 valence electrons. The van der Waals surface area contributed by atoms with Crippen molar-refractivity contribution in [1.82, 2.24) is 5.48 Å². The van der Waals surface area contributed by atoms with E-state index in [0.717, 1.165) is 51.4 Å². The van der Waals surface area contributed by atoms with Crippen LogP contribution in [0.15, 0.2) is 48.6 Å². The van der Waals surface area contributed by atoms with Gasteiger partial charge in [-0.05, 0) is 44.9 Å². The first-order chi connectivity index (χ1) is 11.7. The second-order valence-corrected chi connectivity index (χ2v) is 5.70. The Hall–Kier alpha value is -1.65. The molecule has 1 atom stereocenters. The minimum absolute atomic E-state index is 0.196. The number of carbonyl (C=O) groups is 1. The Balaban J connectivity index is 3.51. The maximum atomic E-state index is 10.8. The van der Waals surface area contributed by atoms with Gasteiger partial charge >= 0.3 is 0 Å². The van der Waals surface area contributed by atoms with Crippen molar-refractivity contribution in [3.8, 4) is 0 Å². The smallest absolute Gasteiger partial charge is 0.243 e. The first kappa shape index (κ1) is 22.4. The molecule has 0 bridgehead atoms. The van der Waals surface area contributed by atoms with Gasteiger partial charge in [-0.25, -0.2) is 5.48 Å². The zero-order valence-electron chi connectivity index (χ0n) is 14.9. The van der Waals surface area contributed by atoms with Gasteiger partial charge in [-0.2, -0.15) is 0 Å². The van der Waals surface area contributed by atoms with Crippen molar-refractivity contribution in [3.05, 3.63) is 48.6 Å². The van der Waals surface area contributed by atoms with E-state index in [4.69, 9.17) is 5.21 Å². The largest absolute Gasteiger partial charge is 0.393 e. The summed E-state index contributed by atoms with van der Waals surface area (Å²) >= 11 is 0. The highest BCUT2D eigenvalue weighted by atomic mass is 16.5. The molecule has 0 aliphatic carbocycles. The molecule has 3 N–H and O–H groups in total. The van der Waals surface area contributed by atoms with E-state index in [-0.39, 0.29) is 12.0 Å². The molecule has 0 saturated heterocycles. The molecule has 0 aliphatic rings. The molecule has 0 aromatic carbocycles. The highest BCUT2D eigenvalue weighted by Crippen LogP contribution is 2.03. The van der Waals surface area contributed by atoms with Gasteiger partial charge in [0.2, 0.25) is 5.91 Å². The van der Waals surface area contributed by atoms with Crippen LogP contribution in [-0.2, 0) is 4.79 Å². The standard InChI is InChI=1S/C20H33NO3/c1-2-16-19(22)17-14-12-10-8-6-4-3-5-7-9-11-13-15-18-20(23)21-24/h3,5-6,8-9,11-12,14,19,22,24H,2,4,7,10,13,15-18H2,1H3,(H,21,23)/b5-3-,8-6-,11-9-,14-12-/t19-/m1/s1. The van der Waals surface area contributed by atoms with Crippen LogP contribution in [0.3, 0.4) is 0 Å². The van der Waals surface area contributed by atoms with Crippen LogP contribution >= 0.6 is 0 Å². The highest BCUT2D eigenvalue weighted by Gasteiger charge is 1.97. The molecule has 0 heterocycles. The van der Waals surface area contributed by atoms with Crippen molar-refractivity contribution < 1.29 is 15.1 Å². The van der Waals surface area contributed by atoms with Crippen LogP contribution in [0.25, 0.3) is 0 Å². The molecule has 4 nitrogen and oxygen atoms in total. The molecule has 0 saturated carbocycles. The summed E-state index contributed by atoms with van der Waals surface area (Å²) in [5, 5.41) is 17.9. The van der Waals surface area contributed by atoms with E-state index in [0.29, 0.717) is 6.42 Å². The minimum atomic E-state index is -0.331. The van der Waals surface area contributed by atoms with Crippen molar-refractivity contribution in [2.75, 3.05) is 0 Å². The second kappa shape index (κ2) is 17.7. The van der Waals surface area contributed by atoms with E-state index < -0.39 is 0 Å². The zero-order valence-corrected chi connectivity index (χ0v) is 14.9.